The van der Waals surface area contributed by atoms with Crippen molar-refractivity contribution < 1.29 is 9.60 Å². The van der Waals surface area contributed by atoms with Gasteiger partial charge in [-0.2, -0.15) is 5.10 Å². The van der Waals surface area contributed by atoms with Gasteiger partial charge in [0.05, 0.1) is 11.9 Å². The molecule has 0 unspecified atom stereocenters. The van der Waals surface area contributed by atoms with Gasteiger partial charge >= 0.3 is 0 Å². The highest BCUT2D eigenvalue weighted by atomic mass is 19.1. The molecular weight excluding hydrogens is 269 g/mol. The Labute approximate surface area is 120 Å². The summed E-state index contributed by atoms with van der Waals surface area (Å²) in [6.07, 6.45) is 3.07. The number of hydrogen-bond acceptors (Lipinski definition) is 3. The average Bonchev–Trinajstić information content (AvgIpc) is 2.93. The van der Waals surface area contributed by atoms with Crippen LogP contribution in [-0.2, 0) is 0 Å². The lowest BCUT2D eigenvalue weighted by Crippen LogP contribution is -1.94. The Hall–Kier alpha value is -2.95. The zero-order chi connectivity index (χ0) is 14.7. The van der Waals surface area contributed by atoms with Crippen LogP contribution in [0.3, 0.4) is 0 Å². The van der Waals surface area contributed by atoms with E-state index in [-0.39, 0.29) is 5.82 Å². The molecule has 21 heavy (non-hydrogen) atoms. The molecule has 3 rings (SSSR count). The van der Waals surface area contributed by atoms with E-state index >= 15 is 0 Å². The molecular formula is C16H12FN3O. The van der Waals surface area contributed by atoms with Gasteiger partial charge in [-0.05, 0) is 36.4 Å². The van der Waals surface area contributed by atoms with Gasteiger partial charge in [-0.3, -0.25) is 0 Å². The second-order valence-corrected chi connectivity index (χ2v) is 4.46. The summed E-state index contributed by atoms with van der Waals surface area (Å²) in [4.78, 5) is 0. The number of benzene rings is 2. The second kappa shape index (κ2) is 5.58. The van der Waals surface area contributed by atoms with Gasteiger partial charge in [-0.15, -0.1) is 0 Å². The molecule has 0 aliphatic heterocycles. The number of nitrogens with zero attached hydrogens (tertiary/aromatic N) is 3. The van der Waals surface area contributed by atoms with Crippen molar-refractivity contribution in [2.24, 2.45) is 5.16 Å². The number of aromatic nitrogens is 2. The first-order chi connectivity index (χ1) is 10.3. The van der Waals surface area contributed by atoms with Crippen LogP contribution in [0.5, 0.6) is 0 Å². The van der Waals surface area contributed by atoms with Gasteiger partial charge in [0.1, 0.15) is 11.5 Å². The molecule has 0 amide bonds. The highest BCUT2D eigenvalue weighted by molar-refractivity contribution is 5.88. The molecule has 0 aliphatic carbocycles. The van der Waals surface area contributed by atoms with Crippen molar-refractivity contribution in [2.45, 2.75) is 0 Å². The van der Waals surface area contributed by atoms with Crippen molar-refractivity contribution in [2.75, 3.05) is 0 Å². The van der Waals surface area contributed by atoms with Crippen molar-refractivity contribution in [3.8, 4) is 16.9 Å². The van der Waals surface area contributed by atoms with Gasteiger partial charge in [0, 0.05) is 17.3 Å². The number of halogens is 1. The van der Waals surface area contributed by atoms with E-state index in [1.54, 1.807) is 23.0 Å². The molecule has 2 aromatic carbocycles. The Morgan fingerprint density at radius 2 is 1.76 bits per heavy atom. The maximum Gasteiger partial charge on any atom is 0.123 e. The lowest BCUT2D eigenvalue weighted by Gasteiger charge is -2.00. The van der Waals surface area contributed by atoms with Crippen LogP contribution in [0.25, 0.3) is 16.9 Å². The van der Waals surface area contributed by atoms with Crippen LogP contribution in [0.15, 0.2) is 65.9 Å². The van der Waals surface area contributed by atoms with E-state index in [1.807, 2.05) is 30.3 Å². The molecule has 1 heterocycles. The van der Waals surface area contributed by atoms with E-state index in [2.05, 4.69) is 10.3 Å². The van der Waals surface area contributed by atoms with Crippen LogP contribution >= 0.6 is 0 Å². The van der Waals surface area contributed by atoms with Gasteiger partial charge < -0.3 is 5.21 Å². The van der Waals surface area contributed by atoms with E-state index in [4.69, 9.17) is 5.21 Å². The molecule has 104 valence electrons. The van der Waals surface area contributed by atoms with Crippen LogP contribution in [0.4, 0.5) is 4.39 Å². The molecule has 0 radical (unpaired) electrons. The molecule has 0 aliphatic rings. The maximum atomic E-state index is 13.0. The fourth-order valence-electron chi connectivity index (χ4n) is 2.09. The van der Waals surface area contributed by atoms with E-state index < -0.39 is 0 Å². The van der Waals surface area contributed by atoms with Crippen LogP contribution in [0.2, 0.25) is 0 Å². The van der Waals surface area contributed by atoms with Crippen molar-refractivity contribution in [3.05, 3.63) is 72.2 Å². The highest BCUT2D eigenvalue weighted by Gasteiger charge is 2.11. The van der Waals surface area contributed by atoms with Gasteiger partial charge in [-0.25, -0.2) is 9.07 Å². The smallest absolute Gasteiger partial charge is 0.123 e. The minimum atomic E-state index is -0.307. The van der Waals surface area contributed by atoms with Gasteiger partial charge in [-0.1, -0.05) is 23.4 Å². The molecule has 0 fully saturated rings. The standard InChI is InChI=1S/C16H12FN3O/c17-14-8-6-12(7-9-14)16-13(10-18-21)11-20(19-16)15-4-2-1-3-5-15/h1-11,21H/b18-10-. The zero-order valence-electron chi connectivity index (χ0n) is 11.0. The second-order valence-electron chi connectivity index (χ2n) is 4.46. The predicted molar refractivity (Wildman–Crippen MR) is 78.3 cm³/mol. The summed E-state index contributed by atoms with van der Waals surface area (Å²) in [5.74, 6) is -0.307. The Morgan fingerprint density at radius 3 is 2.43 bits per heavy atom. The summed E-state index contributed by atoms with van der Waals surface area (Å²) in [5, 5.41) is 16.3. The molecule has 1 N–H and O–H groups in total. The third-order valence-corrected chi connectivity index (χ3v) is 3.08. The molecule has 0 bridgehead atoms. The Bertz CT molecular complexity index is 764. The van der Waals surface area contributed by atoms with Crippen molar-refractivity contribution in [1.82, 2.24) is 9.78 Å². The van der Waals surface area contributed by atoms with Crippen molar-refractivity contribution in [1.29, 1.82) is 0 Å². The molecule has 1 aromatic heterocycles. The fourth-order valence-corrected chi connectivity index (χ4v) is 2.09. The molecule has 0 spiro atoms. The van der Waals surface area contributed by atoms with E-state index in [9.17, 15) is 4.39 Å². The summed E-state index contributed by atoms with van der Waals surface area (Å²) >= 11 is 0. The largest absolute Gasteiger partial charge is 0.411 e. The predicted octanol–water partition coefficient (Wildman–Crippen LogP) is 3.49. The molecule has 0 atom stereocenters. The number of hydrogen-bond donors (Lipinski definition) is 1. The number of oxime groups is 1. The van der Waals surface area contributed by atoms with Gasteiger partial charge in [0.15, 0.2) is 0 Å². The number of para-hydroxylation sites is 1. The lowest BCUT2D eigenvalue weighted by molar-refractivity contribution is 0.322. The Kier molecular flexibility index (Phi) is 3.47. The van der Waals surface area contributed by atoms with Crippen molar-refractivity contribution >= 4 is 6.21 Å². The first kappa shape index (κ1) is 13.1. The van der Waals surface area contributed by atoms with E-state index in [0.29, 0.717) is 11.3 Å². The highest BCUT2D eigenvalue weighted by Crippen LogP contribution is 2.23. The van der Waals surface area contributed by atoms with Crippen LogP contribution in [0, 0.1) is 5.82 Å². The lowest BCUT2D eigenvalue weighted by atomic mass is 10.1. The summed E-state index contributed by atoms with van der Waals surface area (Å²) < 4.78 is 14.7. The Morgan fingerprint density at radius 1 is 1.05 bits per heavy atom. The first-order valence-corrected chi connectivity index (χ1v) is 6.36. The summed E-state index contributed by atoms with van der Waals surface area (Å²) in [6.45, 7) is 0. The molecule has 0 saturated heterocycles. The minimum absolute atomic E-state index is 0.307. The topological polar surface area (TPSA) is 50.4 Å². The quantitative estimate of drug-likeness (QED) is 0.454. The third-order valence-electron chi connectivity index (χ3n) is 3.08. The third kappa shape index (κ3) is 2.67. The fraction of sp³-hybridized carbons (Fsp3) is 0. The van der Waals surface area contributed by atoms with Crippen molar-refractivity contribution in [3.63, 3.8) is 0 Å². The molecule has 5 heteroatoms. The van der Waals surface area contributed by atoms with E-state index in [0.717, 1.165) is 11.3 Å². The first-order valence-electron chi connectivity index (χ1n) is 6.36. The monoisotopic (exact) mass is 281 g/mol. The Balaban J connectivity index is 2.11. The van der Waals surface area contributed by atoms with Gasteiger partial charge in [0.25, 0.3) is 0 Å². The maximum absolute atomic E-state index is 13.0. The average molecular weight is 281 g/mol. The summed E-state index contributed by atoms with van der Waals surface area (Å²) in [7, 11) is 0. The zero-order valence-corrected chi connectivity index (χ0v) is 11.0. The van der Waals surface area contributed by atoms with E-state index in [1.165, 1.54) is 18.3 Å². The summed E-state index contributed by atoms with van der Waals surface area (Å²) in [6, 6.07) is 15.6. The molecule has 0 saturated carbocycles. The minimum Gasteiger partial charge on any atom is -0.411 e. The summed E-state index contributed by atoms with van der Waals surface area (Å²) in [5.41, 5.74) is 2.91. The van der Waals surface area contributed by atoms with Crippen LogP contribution < -0.4 is 0 Å². The number of rotatable bonds is 3. The van der Waals surface area contributed by atoms with Crippen LogP contribution in [0.1, 0.15) is 5.56 Å². The van der Waals surface area contributed by atoms with Gasteiger partial charge in [0.2, 0.25) is 0 Å². The van der Waals surface area contributed by atoms with Crippen LogP contribution in [-0.4, -0.2) is 21.2 Å². The molecule has 4 nitrogen and oxygen atoms in total. The SMILES string of the molecule is O/N=C\c1cn(-c2ccccc2)nc1-c1ccc(F)cc1. The normalized spacial score (nSPS) is 11.1. The molecule has 3 aromatic rings.